The van der Waals surface area contributed by atoms with E-state index in [1.165, 1.54) is 0 Å². The van der Waals surface area contributed by atoms with Crippen molar-refractivity contribution >= 4 is 22.7 Å². The van der Waals surface area contributed by atoms with E-state index in [0.717, 1.165) is 25.9 Å². The zero-order valence-corrected chi connectivity index (χ0v) is 11.1. The lowest BCUT2D eigenvalue weighted by atomic mass is 9.96. The van der Waals surface area contributed by atoms with Crippen LogP contribution in [0.15, 0.2) is 27.4 Å². The van der Waals surface area contributed by atoms with Gasteiger partial charge in [-0.3, -0.25) is 9.78 Å². The third-order valence-electron chi connectivity index (χ3n) is 3.58. The minimum atomic E-state index is -0.489. The number of nitrogens with one attached hydrogen (secondary N) is 3. The Kier molecular flexibility index (Phi) is 3.56. The molecule has 0 bridgehead atoms. The number of piperidine rings is 1. The molecule has 0 saturated carbocycles. The molecule has 1 aromatic carbocycles. The normalized spacial score (nSPS) is 19.1. The molecule has 1 aliphatic rings. The molecule has 3 N–H and O–H groups in total. The molecule has 1 unspecified atom stereocenters. The van der Waals surface area contributed by atoms with E-state index >= 15 is 0 Å². The van der Waals surface area contributed by atoms with Gasteiger partial charge in [0.05, 0.1) is 5.52 Å². The van der Waals surface area contributed by atoms with Gasteiger partial charge in [-0.2, -0.15) is 0 Å². The standard InChI is InChI=1S/C14H17N3O3/c18-13(6-9-2-1-5-15-8-9)16-10-3-4-12-11(7-10)17-14(19)20-12/h3-4,7,9,15H,1-2,5-6,8H2,(H,16,18)(H,17,19). The van der Waals surface area contributed by atoms with Gasteiger partial charge in [0.25, 0.3) is 0 Å². The molecule has 1 atom stereocenters. The molecule has 2 heterocycles. The van der Waals surface area contributed by atoms with Crippen LogP contribution in [0.4, 0.5) is 5.69 Å². The fourth-order valence-electron chi connectivity index (χ4n) is 2.60. The van der Waals surface area contributed by atoms with Gasteiger partial charge >= 0.3 is 5.76 Å². The fourth-order valence-corrected chi connectivity index (χ4v) is 2.60. The molecule has 1 aromatic heterocycles. The highest BCUT2D eigenvalue weighted by atomic mass is 16.4. The van der Waals surface area contributed by atoms with Crippen LogP contribution in [-0.4, -0.2) is 24.0 Å². The van der Waals surface area contributed by atoms with E-state index in [2.05, 4.69) is 15.6 Å². The van der Waals surface area contributed by atoms with Gasteiger partial charge in [0.2, 0.25) is 5.91 Å². The van der Waals surface area contributed by atoms with Crippen molar-refractivity contribution in [1.82, 2.24) is 10.3 Å². The van der Waals surface area contributed by atoms with Crippen LogP contribution in [0.25, 0.3) is 11.1 Å². The summed E-state index contributed by atoms with van der Waals surface area (Å²) in [6.45, 7) is 1.95. The van der Waals surface area contributed by atoms with Gasteiger partial charge in [-0.15, -0.1) is 0 Å². The number of benzene rings is 1. The summed E-state index contributed by atoms with van der Waals surface area (Å²) < 4.78 is 4.92. The van der Waals surface area contributed by atoms with Gasteiger partial charge in [-0.1, -0.05) is 0 Å². The maximum absolute atomic E-state index is 12.0. The summed E-state index contributed by atoms with van der Waals surface area (Å²) in [5.74, 6) is -0.0816. The van der Waals surface area contributed by atoms with Crippen LogP contribution in [0.5, 0.6) is 0 Å². The second-order valence-electron chi connectivity index (χ2n) is 5.19. The molecule has 2 aromatic rings. The minimum absolute atomic E-state index is 0.00360. The number of aromatic nitrogens is 1. The Morgan fingerprint density at radius 2 is 2.35 bits per heavy atom. The zero-order chi connectivity index (χ0) is 13.9. The number of hydrogen-bond acceptors (Lipinski definition) is 4. The van der Waals surface area contributed by atoms with Gasteiger partial charge in [-0.05, 0) is 50.0 Å². The summed E-state index contributed by atoms with van der Waals surface area (Å²) in [5.41, 5.74) is 1.75. The molecule has 6 heteroatoms. The highest BCUT2D eigenvalue weighted by molar-refractivity contribution is 5.92. The molecule has 0 spiro atoms. The summed E-state index contributed by atoms with van der Waals surface area (Å²) in [5, 5.41) is 6.16. The lowest BCUT2D eigenvalue weighted by Crippen LogP contribution is -2.32. The van der Waals surface area contributed by atoms with Crippen LogP contribution in [0.3, 0.4) is 0 Å². The van der Waals surface area contributed by atoms with Crippen LogP contribution in [-0.2, 0) is 4.79 Å². The quantitative estimate of drug-likeness (QED) is 0.791. The number of fused-ring (bicyclic) bond motifs is 1. The summed E-state index contributed by atoms with van der Waals surface area (Å²) in [4.78, 5) is 25.6. The molecule has 106 valence electrons. The zero-order valence-electron chi connectivity index (χ0n) is 11.1. The Morgan fingerprint density at radius 1 is 1.45 bits per heavy atom. The van der Waals surface area contributed by atoms with Gasteiger partial charge in [0.15, 0.2) is 5.58 Å². The fraction of sp³-hybridized carbons (Fsp3) is 0.429. The van der Waals surface area contributed by atoms with Crippen molar-refractivity contribution in [2.75, 3.05) is 18.4 Å². The van der Waals surface area contributed by atoms with Gasteiger partial charge in [0.1, 0.15) is 0 Å². The summed E-state index contributed by atoms with van der Waals surface area (Å²) in [7, 11) is 0. The number of anilines is 1. The second kappa shape index (κ2) is 5.50. The van der Waals surface area contributed by atoms with E-state index in [4.69, 9.17) is 4.42 Å². The minimum Gasteiger partial charge on any atom is -0.408 e. The van der Waals surface area contributed by atoms with Crippen molar-refractivity contribution < 1.29 is 9.21 Å². The molecule has 0 aliphatic carbocycles. The maximum Gasteiger partial charge on any atom is 0.417 e. The molecule has 3 rings (SSSR count). The first-order chi connectivity index (χ1) is 9.70. The molecule has 20 heavy (non-hydrogen) atoms. The van der Waals surface area contributed by atoms with Crippen molar-refractivity contribution in [3.63, 3.8) is 0 Å². The van der Waals surface area contributed by atoms with Crippen molar-refractivity contribution in [2.24, 2.45) is 5.92 Å². The molecule has 6 nitrogen and oxygen atoms in total. The smallest absolute Gasteiger partial charge is 0.408 e. The lowest BCUT2D eigenvalue weighted by Gasteiger charge is -2.22. The van der Waals surface area contributed by atoms with Crippen LogP contribution in [0.1, 0.15) is 19.3 Å². The number of H-pyrrole nitrogens is 1. The first kappa shape index (κ1) is 12.9. The third-order valence-corrected chi connectivity index (χ3v) is 3.58. The Labute approximate surface area is 115 Å². The van der Waals surface area contributed by atoms with Crippen molar-refractivity contribution in [3.05, 3.63) is 28.7 Å². The van der Waals surface area contributed by atoms with Crippen LogP contribution in [0.2, 0.25) is 0 Å². The Morgan fingerprint density at radius 3 is 3.15 bits per heavy atom. The first-order valence-electron chi connectivity index (χ1n) is 6.84. The van der Waals surface area contributed by atoms with Gasteiger partial charge in [0, 0.05) is 12.1 Å². The number of carbonyl (C=O) groups is 1. The first-order valence-corrected chi connectivity index (χ1v) is 6.84. The maximum atomic E-state index is 12.0. The number of hydrogen-bond donors (Lipinski definition) is 3. The number of rotatable bonds is 3. The van der Waals surface area contributed by atoms with Gasteiger partial charge in [-0.25, -0.2) is 4.79 Å². The largest absolute Gasteiger partial charge is 0.417 e. The van der Waals surface area contributed by atoms with E-state index in [9.17, 15) is 9.59 Å². The monoisotopic (exact) mass is 275 g/mol. The molecule has 1 aliphatic heterocycles. The van der Waals surface area contributed by atoms with E-state index < -0.39 is 5.76 Å². The topological polar surface area (TPSA) is 87.1 Å². The van der Waals surface area contributed by atoms with Crippen LogP contribution in [0, 0.1) is 5.92 Å². The second-order valence-corrected chi connectivity index (χ2v) is 5.19. The average Bonchev–Trinajstić information content (AvgIpc) is 2.79. The Bertz CT molecular complexity index is 668. The van der Waals surface area contributed by atoms with Crippen LogP contribution < -0.4 is 16.4 Å². The van der Waals surface area contributed by atoms with Crippen molar-refractivity contribution in [2.45, 2.75) is 19.3 Å². The average molecular weight is 275 g/mol. The molecule has 1 fully saturated rings. The molecular formula is C14H17N3O3. The third kappa shape index (κ3) is 2.91. The predicted molar refractivity (Wildman–Crippen MR) is 75.7 cm³/mol. The summed E-state index contributed by atoms with van der Waals surface area (Å²) >= 11 is 0. The summed E-state index contributed by atoms with van der Waals surface area (Å²) in [6.07, 6.45) is 2.74. The van der Waals surface area contributed by atoms with E-state index in [-0.39, 0.29) is 5.91 Å². The SMILES string of the molecule is O=C(CC1CCCNC1)Nc1ccc2oc(=O)[nH]c2c1. The highest BCUT2D eigenvalue weighted by Gasteiger charge is 2.16. The van der Waals surface area contributed by atoms with Crippen molar-refractivity contribution in [1.29, 1.82) is 0 Å². The van der Waals surface area contributed by atoms with E-state index in [1.54, 1.807) is 18.2 Å². The van der Waals surface area contributed by atoms with Gasteiger partial charge < -0.3 is 15.1 Å². The summed E-state index contributed by atoms with van der Waals surface area (Å²) in [6, 6.07) is 5.11. The number of oxazole rings is 1. The van der Waals surface area contributed by atoms with Crippen molar-refractivity contribution in [3.8, 4) is 0 Å². The Hall–Kier alpha value is -2.08. The number of carbonyl (C=O) groups excluding carboxylic acids is 1. The molecular weight excluding hydrogens is 258 g/mol. The highest BCUT2D eigenvalue weighted by Crippen LogP contribution is 2.18. The van der Waals surface area contributed by atoms with E-state index in [0.29, 0.717) is 29.1 Å². The lowest BCUT2D eigenvalue weighted by molar-refractivity contribution is -0.117. The number of amides is 1. The van der Waals surface area contributed by atoms with E-state index in [1.807, 2.05) is 0 Å². The Balaban J connectivity index is 1.65. The molecule has 0 radical (unpaired) electrons. The molecule has 1 saturated heterocycles. The predicted octanol–water partition coefficient (Wildman–Crippen LogP) is 1.45. The molecule has 1 amide bonds. The van der Waals surface area contributed by atoms with Crippen LogP contribution >= 0.6 is 0 Å². The number of aromatic amines is 1.